The van der Waals surface area contributed by atoms with Crippen LogP contribution in [0.1, 0.15) is 13.8 Å². The Kier molecular flexibility index (Phi) is 3.80. The number of imide groups is 2. The minimum absolute atomic E-state index is 0.0391. The second-order valence-corrected chi connectivity index (χ2v) is 4.54. The van der Waals surface area contributed by atoms with Crippen LogP contribution in [0, 0.1) is 0 Å². The van der Waals surface area contributed by atoms with Crippen LogP contribution in [0.15, 0.2) is 24.3 Å². The van der Waals surface area contributed by atoms with Gasteiger partial charge in [0.15, 0.2) is 0 Å². The van der Waals surface area contributed by atoms with E-state index in [2.05, 4.69) is 0 Å². The second-order valence-electron chi connectivity index (χ2n) is 4.54. The molecular weight excluding hydrogens is 264 g/mol. The summed E-state index contributed by atoms with van der Waals surface area (Å²) in [5.41, 5.74) is 0. The molecule has 0 aromatic rings. The maximum absolute atomic E-state index is 11.5. The molecule has 2 atom stereocenters. The molecule has 0 fully saturated rings. The highest BCUT2D eigenvalue weighted by Gasteiger charge is 2.32. The third-order valence-electron chi connectivity index (χ3n) is 3.07. The van der Waals surface area contributed by atoms with Crippen molar-refractivity contribution in [3.8, 4) is 0 Å². The van der Waals surface area contributed by atoms with E-state index in [1.165, 1.54) is 24.3 Å². The van der Waals surface area contributed by atoms with Gasteiger partial charge in [-0.2, -0.15) is 0 Å². The smallest absolute Gasteiger partial charge is 0.255 e. The van der Waals surface area contributed by atoms with Crippen LogP contribution in [-0.2, 0) is 23.9 Å². The summed E-state index contributed by atoms with van der Waals surface area (Å²) >= 11 is 0. The molecule has 106 valence electrons. The van der Waals surface area contributed by atoms with Crippen molar-refractivity contribution in [2.45, 2.75) is 26.1 Å². The average Bonchev–Trinajstić information content (AvgIpc) is 2.89. The van der Waals surface area contributed by atoms with Crippen LogP contribution in [0.4, 0.5) is 0 Å². The van der Waals surface area contributed by atoms with Gasteiger partial charge in [0.25, 0.3) is 23.6 Å². The molecule has 0 radical (unpaired) electrons. The molecule has 7 heteroatoms. The van der Waals surface area contributed by atoms with E-state index in [-0.39, 0.29) is 6.61 Å². The number of hydrogen-bond donors (Lipinski definition) is 0. The first-order valence-electron chi connectivity index (χ1n) is 6.14. The van der Waals surface area contributed by atoms with Crippen LogP contribution in [0.2, 0.25) is 0 Å². The van der Waals surface area contributed by atoms with Crippen LogP contribution < -0.4 is 0 Å². The van der Waals surface area contributed by atoms with Gasteiger partial charge >= 0.3 is 0 Å². The Balaban J connectivity index is 1.89. The zero-order valence-corrected chi connectivity index (χ0v) is 11.1. The average molecular weight is 278 g/mol. The maximum atomic E-state index is 11.5. The normalized spacial score (nSPS) is 21.3. The van der Waals surface area contributed by atoms with E-state index in [9.17, 15) is 19.2 Å². The van der Waals surface area contributed by atoms with Crippen molar-refractivity contribution in [1.82, 2.24) is 9.80 Å². The van der Waals surface area contributed by atoms with E-state index in [4.69, 9.17) is 4.74 Å². The fourth-order valence-electron chi connectivity index (χ4n) is 2.04. The minimum Gasteiger partial charge on any atom is -0.356 e. The quantitative estimate of drug-likeness (QED) is 0.638. The van der Waals surface area contributed by atoms with Crippen LogP contribution in [0.5, 0.6) is 0 Å². The molecule has 2 rings (SSSR count). The topological polar surface area (TPSA) is 84.0 Å². The van der Waals surface area contributed by atoms with Crippen LogP contribution in [-0.4, -0.2) is 52.3 Å². The molecule has 2 aliphatic rings. The number of rotatable bonds is 5. The zero-order chi connectivity index (χ0) is 14.9. The highest BCUT2D eigenvalue weighted by Crippen LogP contribution is 2.13. The number of nitrogens with zero attached hydrogens (tertiary/aromatic N) is 2. The van der Waals surface area contributed by atoms with Gasteiger partial charge in [-0.25, -0.2) is 4.90 Å². The molecule has 7 nitrogen and oxygen atoms in total. The van der Waals surface area contributed by atoms with Gasteiger partial charge < -0.3 is 4.74 Å². The molecule has 2 aliphatic heterocycles. The lowest BCUT2D eigenvalue weighted by atomic mass is 10.3. The molecule has 0 aliphatic carbocycles. The molecule has 0 aromatic heterocycles. The van der Waals surface area contributed by atoms with Gasteiger partial charge in [0.2, 0.25) is 0 Å². The van der Waals surface area contributed by atoms with Gasteiger partial charge in [0, 0.05) is 24.3 Å². The van der Waals surface area contributed by atoms with E-state index in [0.717, 1.165) is 9.80 Å². The summed E-state index contributed by atoms with van der Waals surface area (Å²) in [7, 11) is 0. The van der Waals surface area contributed by atoms with Gasteiger partial charge in [-0.1, -0.05) is 0 Å². The molecule has 4 amide bonds. The van der Waals surface area contributed by atoms with Crippen molar-refractivity contribution in [1.29, 1.82) is 0 Å². The molecule has 0 saturated carbocycles. The summed E-state index contributed by atoms with van der Waals surface area (Å²) < 4.78 is 5.41. The van der Waals surface area contributed by atoms with Crippen molar-refractivity contribution >= 4 is 23.6 Å². The van der Waals surface area contributed by atoms with Crippen LogP contribution in [0.3, 0.4) is 0 Å². The predicted molar refractivity (Wildman–Crippen MR) is 66.9 cm³/mol. The SMILES string of the molecule is CC(COC(C)N1C(=O)C=CC1=O)N1C(=O)C=CC1=O. The van der Waals surface area contributed by atoms with Crippen molar-refractivity contribution in [2.24, 2.45) is 0 Å². The monoisotopic (exact) mass is 278 g/mol. The first kappa shape index (κ1) is 14.1. The predicted octanol–water partition coefficient (Wildman–Crippen LogP) is -0.412. The molecule has 2 heterocycles. The molecule has 0 saturated heterocycles. The lowest BCUT2D eigenvalue weighted by molar-refractivity contribution is -0.155. The van der Waals surface area contributed by atoms with Crippen LogP contribution >= 0.6 is 0 Å². The Morgan fingerprint density at radius 1 is 0.850 bits per heavy atom. The summed E-state index contributed by atoms with van der Waals surface area (Å²) in [6, 6.07) is -0.479. The summed E-state index contributed by atoms with van der Waals surface area (Å²) in [5.74, 6) is -1.67. The van der Waals surface area contributed by atoms with E-state index in [0.29, 0.717) is 0 Å². The van der Waals surface area contributed by atoms with Gasteiger partial charge in [-0.3, -0.25) is 24.1 Å². The third-order valence-corrected chi connectivity index (χ3v) is 3.07. The molecule has 0 N–H and O–H groups in total. The number of carbonyl (C=O) groups is 4. The molecule has 0 bridgehead atoms. The highest BCUT2D eigenvalue weighted by molar-refractivity contribution is 6.13. The van der Waals surface area contributed by atoms with E-state index < -0.39 is 35.9 Å². The first-order chi connectivity index (χ1) is 9.41. The van der Waals surface area contributed by atoms with Crippen LogP contribution in [0.25, 0.3) is 0 Å². The fraction of sp³-hybridized carbons (Fsp3) is 0.385. The summed E-state index contributed by atoms with van der Waals surface area (Å²) in [6.45, 7) is 3.25. The van der Waals surface area contributed by atoms with Gasteiger partial charge in [0.1, 0.15) is 6.23 Å². The largest absolute Gasteiger partial charge is 0.356 e. The Hall–Kier alpha value is -2.28. The van der Waals surface area contributed by atoms with E-state index in [1.807, 2.05) is 0 Å². The molecule has 0 aromatic carbocycles. The minimum atomic E-state index is -0.756. The number of ether oxygens (including phenoxy) is 1. The highest BCUT2D eigenvalue weighted by atomic mass is 16.5. The third kappa shape index (κ3) is 2.53. The lowest BCUT2D eigenvalue weighted by Crippen LogP contribution is -2.45. The zero-order valence-electron chi connectivity index (χ0n) is 11.1. The summed E-state index contributed by atoms with van der Waals surface area (Å²) in [5, 5.41) is 0. The summed E-state index contributed by atoms with van der Waals surface area (Å²) in [4.78, 5) is 47.9. The van der Waals surface area contributed by atoms with Crippen molar-refractivity contribution < 1.29 is 23.9 Å². The van der Waals surface area contributed by atoms with E-state index >= 15 is 0 Å². The number of amides is 4. The maximum Gasteiger partial charge on any atom is 0.255 e. The molecule has 20 heavy (non-hydrogen) atoms. The number of hydrogen-bond acceptors (Lipinski definition) is 5. The van der Waals surface area contributed by atoms with E-state index in [1.54, 1.807) is 13.8 Å². The van der Waals surface area contributed by atoms with Crippen molar-refractivity contribution in [3.63, 3.8) is 0 Å². The Bertz CT molecular complexity index is 453. The van der Waals surface area contributed by atoms with Gasteiger partial charge in [-0.05, 0) is 13.8 Å². The standard InChI is InChI=1S/C13H14N2O5/c1-8(14-10(16)3-4-11(14)17)7-20-9(2)15-12(18)5-6-13(15)19/h3-6,8-9H,7H2,1-2H3. The number of carbonyl (C=O) groups excluding carboxylic acids is 4. The molecular formula is C13H14N2O5. The summed E-state index contributed by atoms with van der Waals surface area (Å²) in [6.07, 6.45) is 3.97. The van der Waals surface area contributed by atoms with Gasteiger partial charge in [-0.15, -0.1) is 0 Å². The molecule has 2 unspecified atom stereocenters. The lowest BCUT2D eigenvalue weighted by Gasteiger charge is -2.27. The Morgan fingerprint density at radius 3 is 1.70 bits per heavy atom. The Labute approximate surface area is 115 Å². The molecule has 0 spiro atoms. The van der Waals surface area contributed by atoms with Crippen molar-refractivity contribution in [2.75, 3.05) is 6.61 Å². The van der Waals surface area contributed by atoms with Gasteiger partial charge in [0.05, 0.1) is 12.6 Å². The fourth-order valence-corrected chi connectivity index (χ4v) is 2.04. The van der Waals surface area contributed by atoms with Crippen molar-refractivity contribution in [3.05, 3.63) is 24.3 Å². The first-order valence-corrected chi connectivity index (χ1v) is 6.14. The Morgan fingerprint density at radius 2 is 1.25 bits per heavy atom. The second kappa shape index (κ2) is 5.38.